The Morgan fingerprint density at radius 3 is 2.48 bits per heavy atom. The van der Waals surface area contributed by atoms with E-state index in [1.54, 1.807) is 12.1 Å². The normalized spacial score (nSPS) is 21.0. The Labute approximate surface area is 140 Å². The first-order valence-electron chi connectivity index (χ1n) is 7.41. The van der Waals surface area contributed by atoms with Gasteiger partial charge in [-0.1, -0.05) is 11.6 Å². The molecule has 2 rings (SSSR count). The van der Waals surface area contributed by atoms with Crippen molar-refractivity contribution in [2.75, 3.05) is 25.5 Å². The van der Waals surface area contributed by atoms with Gasteiger partial charge in [-0.15, -0.1) is 0 Å². The molecular weight excluding hydrogens is 320 g/mol. The maximum absolute atomic E-state index is 12.3. The van der Waals surface area contributed by atoms with Crippen molar-refractivity contribution in [1.29, 1.82) is 0 Å². The number of hydrogen-bond donors (Lipinski definition) is 1. The number of nitrogens with one attached hydrogen (secondary N) is 1. The summed E-state index contributed by atoms with van der Waals surface area (Å²) in [5, 5.41) is 3.13. The standard InChI is InChI=1S/C16H21ClN2O4/c1-9-5-13(14(22-4)6-12(9)17)18-15(20)16(21)19-7-10(2)23-11(3)8-19/h5-6,10-11H,7-8H2,1-4H3,(H,18,20). The number of morpholine rings is 1. The van der Waals surface area contributed by atoms with Gasteiger partial charge in [-0.3, -0.25) is 9.59 Å². The lowest BCUT2D eigenvalue weighted by atomic mass is 10.2. The molecule has 1 fully saturated rings. The first-order valence-corrected chi connectivity index (χ1v) is 7.79. The number of amides is 2. The van der Waals surface area contributed by atoms with Crippen molar-refractivity contribution in [3.8, 4) is 5.75 Å². The van der Waals surface area contributed by atoms with E-state index in [2.05, 4.69) is 5.32 Å². The number of halogens is 1. The molecule has 1 saturated heterocycles. The fourth-order valence-electron chi connectivity index (χ4n) is 2.59. The molecule has 0 aliphatic carbocycles. The lowest BCUT2D eigenvalue weighted by Gasteiger charge is -2.34. The van der Waals surface area contributed by atoms with Crippen molar-refractivity contribution in [2.24, 2.45) is 0 Å². The Kier molecular flexibility index (Phi) is 5.49. The third-order valence-corrected chi connectivity index (χ3v) is 4.04. The molecule has 6 nitrogen and oxygen atoms in total. The number of nitrogens with zero attached hydrogens (tertiary/aromatic N) is 1. The number of carbonyl (C=O) groups excluding carboxylic acids is 2. The van der Waals surface area contributed by atoms with E-state index in [1.165, 1.54) is 12.0 Å². The molecule has 0 spiro atoms. The van der Waals surface area contributed by atoms with Crippen LogP contribution in [0.25, 0.3) is 0 Å². The molecule has 23 heavy (non-hydrogen) atoms. The Bertz CT molecular complexity index is 610. The molecule has 2 unspecified atom stereocenters. The van der Waals surface area contributed by atoms with Gasteiger partial charge in [-0.05, 0) is 32.4 Å². The molecule has 0 saturated carbocycles. The van der Waals surface area contributed by atoms with E-state index in [1.807, 2.05) is 20.8 Å². The summed E-state index contributed by atoms with van der Waals surface area (Å²) in [7, 11) is 1.48. The van der Waals surface area contributed by atoms with Crippen LogP contribution in [-0.2, 0) is 14.3 Å². The van der Waals surface area contributed by atoms with Crippen LogP contribution in [0.2, 0.25) is 5.02 Å². The smallest absolute Gasteiger partial charge is 0.314 e. The van der Waals surface area contributed by atoms with Gasteiger partial charge in [0.2, 0.25) is 0 Å². The first kappa shape index (κ1) is 17.6. The van der Waals surface area contributed by atoms with Gasteiger partial charge in [0.15, 0.2) is 0 Å². The molecule has 1 N–H and O–H groups in total. The fourth-order valence-corrected chi connectivity index (χ4v) is 2.75. The molecule has 1 aliphatic heterocycles. The highest BCUT2D eigenvalue weighted by Crippen LogP contribution is 2.31. The molecule has 2 atom stereocenters. The number of aryl methyl sites for hydroxylation is 1. The van der Waals surface area contributed by atoms with Gasteiger partial charge in [0, 0.05) is 24.2 Å². The lowest BCUT2D eigenvalue weighted by molar-refractivity contribution is -0.151. The average Bonchev–Trinajstić information content (AvgIpc) is 2.48. The number of anilines is 1. The van der Waals surface area contributed by atoms with E-state index < -0.39 is 11.8 Å². The highest BCUT2D eigenvalue weighted by atomic mass is 35.5. The summed E-state index contributed by atoms with van der Waals surface area (Å²) in [6.07, 6.45) is -0.189. The number of benzene rings is 1. The molecule has 1 aromatic carbocycles. The third kappa shape index (κ3) is 4.14. The molecule has 126 valence electrons. The van der Waals surface area contributed by atoms with Gasteiger partial charge in [0.25, 0.3) is 0 Å². The van der Waals surface area contributed by atoms with Crippen LogP contribution in [0.4, 0.5) is 5.69 Å². The molecule has 1 aromatic rings. The van der Waals surface area contributed by atoms with Crippen LogP contribution >= 0.6 is 11.6 Å². The van der Waals surface area contributed by atoms with Gasteiger partial charge >= 0.3 is 11.8 Å². The predicted octanol–water partition coefficient (Wildman–Crippen LogP) is 2.23. The number of carbonyl (C=O) groups is 2. The second-order valence-electron chi connectivity index (χ2n) is 5.72. The molecule has 7 heteroatoms. The Hall–Kier alpha value is -1.79. The van der Waals surface area contributed by atoms with Crippen molar-refractivity contribution in [2.45, 2.75) is 33.0 Å². The van der Waals surface area contributed by atoms with Crippen LogP contribution in [0.15, 0.2) is 12.1 Å². The maximum Gasteiger partial charge on any atom is 0.314 e. The van der Waals surface area contributed by atoms with Crippen molar-refractivity contribution in [1.82, 2.24) is 4.90 Å². The van der Waals surface area contributed by atoms with Crippen LogP contribution in [0.5, 0.6) is 5.75 Å². The second-order valence-corrected chi connectivity index (χ2v) is 6.13. The second kappa shape index (κ2) is 7.19. The minimum atomic E-state index is -0.702. The van der Waals surface area contributed by atoms with E-state index in [4.69, 9.17) is 21.1 Å². The summed E-state index contributed by atoms with van der Waals surface area (Å²) in [6.45, 7) is 6.35. The zero-order valence-corrected chi connectivity index (χ0v) is 14.4. The minimum Gasteiger partial charge on any atom is -0.495 e. The van der Waals surface area contributed by atoms with Gasteiger partial charge in [-0.2, -0.15) is 0 Å². The highest BCUT2D eigenvalue weighted by Gasteiger charge is 2.30. The van der Waals surface area contributed by atoms with E-state index in [0.29, 0.717) is 29.5 Å². The lowest BCUT2D eigenvalue weighted by Crippen LogP contribution is -2.51. The Balaban J connectivity index is 2.12. The van der Waals surface area contributed by atoms with Crippen LogP contribution < -0.4 is 10.1 Å². The van der Waals surface area contributed by atoms with Crippen LogP contribution in [0, 0.1) is 6.92 Å². The van der Waals surface area contributed by atoms with Crippen LogP contribution in [0.1, 0.15) is 19.4 Å². The van der Waals surface area contributed by atoms with Crippen LogP contribution in [0.3, 0.4) is 0 Å². The minimum absolute atomic E-state index is 0.0946. The molecule has 0 aromatic heterocycles. The molecule has 0 radical (unpaired) electrons. The summed E-state index contributed by atoms with van der Waals surface area (Å²) < 4.78 is 10.8. The van der Waals surface area contributed by atoms with Crippen molar-refractivity contribution < 1.29 is 19.1 Å². The SMILES string of the molecule is COc1cc(Cl)c(C)cc1NC(=O)C(=O)N1CC(C)OC(C)C1. The number of ether oxygens (including phenoxy) is 2. The van der Waals surface area contributed by atoms with Gasteiger partial charge in [0.1, 0.15) is 5.75 Å². The van der Waals surface area contributed by atoms with E-state index in [9.17, 15) is 9.59 Å². The Morgan fingerprint density at radius 1 is 1.30 bits per heavy atom. The zero-order chi connectivity index (χ0) is 17.1. The summed E-state index contributed by atoms with van der Waals surface area (Å²) in [5.74, 6) is -0.876. The van der Waals surface area contributed by atoms with Crippen LogP contribution in [-0.4, -0.2) is 49.1 Å². The predicted molar refractivity (Wildman–Crippen MR) is 88.0 cm³/mol. The average molecular weight is 341 g/mol. The van der Waals surface area contributed by atoms with Crippen molar-refractivity contribution in [3.05, 3.63) is 22.7 Å². The highest BCUT2D eigenvalue weighted by molar-refractivity contribution is 6.39. The number of rotatable bonds is 2. The number of methoxy groups -OCH3 is 1. The third-order valence-electron chi connectivity index (χ3n) is 3.63. The van der Waals surface area contributed by atoms with Crippen molar-refractivity contribution in [3.63, 3.8) is 0 Å². The summed E-state index contributed by atoms with van der Waals surface area (Å²) in [6, 6.07) is 3.28. The monoisotopic (exact) mass is 340 g/mol. The Morgan fingerprint density at radius 2 is 1.91 bits per heavy atom. The molecule has 1 heterocycles. The summed E-state index contributed by atoms with van der Waals surface area (Å²) in [5.41, 5.74) is 1.20. The molecular formula is C16H21ClN2O4. The molecule has 1 aliphatic rings. The summed E-state index contributed by atoms with van der Waals surface area (Å²) in [4.78, 5) is 26.1. The largest absolute Gasteiger partial charge is 0.495 e. The first-order chi connectivity index (χ1) is 10.8. The zero-order valence-electron chi connectivity index (χ0n) is 13.7. The van der Waals surface area contributed by atoms with E-state index in [0.717, 1.165) is 5.56 Å². The van der Waals surface area contributed by atoms with Gasteiger partial charge < -0.3 is 19.7 Å². The van der Waals surface area contributed by atoms with Gasteiger partial charge in [-0.25, -0.2) is 0 Å². The fraction of sp³-hybridized carbons (Fsp3) is 0.500. The van der Waals surface area contributed by atoms with Gasteiger partial charge in [0.05, 0.1) is 25.0 Å². The van der Waals surface area contributed by atoms with E-state index >= 15 is 0 Å². The molecule has 2 amide bonds. The quantitative estimate of drug-likeness (QED) is 0.838. The van der Waals surface area contributed by atoms with E-state index in [-0.39, 0.29) is 12.2 Å². The number of hydrogen-bond acceptors (Lipinski definition) is 4. The molecule has 0 bridgehead atoms. The maximum atomic E-state index is 12.3. The summed E-state index contributed by atoms with van der Waals surface area (Å²) >= 11 is 6.04. The topological polar surface area (TPSA) is 67.9 Å². The van der Waals surface area contributed by atoms with Crippen molar-refractivity contribution >= 4 is 29.1 Å².